The van der Waals surface area contributed by atoms with Crippen LogP contribution in [0, 0.1) is 5.41 Å². The summed E-state index contributed by atoms with van der Waals surface area (Å²) in [5.74, 6) is 0.726. The lowest BCUT2D eigenvalue weighted by atomic mass is 9.91. The van der Waals surface area contributed by atoms with E-state index in [0.717, 1.165) is 5.92 Å². The number of piperidine rings is 1. The molecule has 3 rings (SSSR count). The highest BCUT2D eigenvalue weighted by Gasteiger charge is 2.55. The highest BCUT2D eigenvalue weighted by molar-refractivity contribution is 5.85. The van der Waals surface area contributed by atoms with Gasteiger partial charge in [-0.3, -0.25) is 4.68 Å². The first-order valence-electron chi connectivity index (χ1n) is 5.37. The molecular weight excluding hydrogens is 212 g/mol. The minimum atomic E-state index is 0. The van der Waals surface area contributed by atoms with Crippen LogP contribution in [0.1, 0.15) is 30.9 Å². The number of halogens is 1. The maximum absolute atomic E-state index is 4.01. The predicted molar refractivity (Wildman–Crippen MR) is 60.1 cm³/mol. The van der Waals surface area contributed by atoms with E-state index in [1.165, 1.54) is 38.0 Å². The van der Waals surface area contributed by atoms with Gasteiger partial charge in [-0.1, -0.05) is 5.21 Å². The molecule has 2 fully saturated rings. The summed E-state index contributed by atoms with van der Waals surface area (Å²) in [5.41, 5.74) is 1.92. The van der Waals surface area contributed by atoms with Crippen LogP contribution >= 0.6 is 12.4 Å². The zero-order valence-electron chi connectivity index (χ0n) is 8.94. The molecule has 5 heteroatoms. The fourth-order valence-electron chi connectivity index (χ4n) is 2.86. The molecule has 1 atom stereocenters. The molecule has 1 unspecified atom stereocenters. The van der Waals surface area contributed by atoms with Crippen LogP contribution in [0.2, 0.25) is 0 Å². The van der Waals surface area contributed by atoms with Crippen molar-refractivity contribution in [1.29, 1.82) is 0 Å². The summed E-state index contributed by atoms with van der Waals surface area (Å²) < 4.78 is 1.93. The first kappa shape index (κ1) is 10.9. The molecule has 1 aliphatic carbocycles. The number of nitrogens with one attached hydrogen (secondary N) is 1. The molecule has 15 heavy (non-hydrogen) atoms. The molecule has 1 aliphatic heterocycles. The van der Waals surface area contributed by atoms with Crippen molar-refractivity contribution in [3.63, 3.8) is 0 Å². The van der Waals surface area contributed by atoms with E-state index in [0.29, 0.717) is 5.41 Å². The van der Waals surface area contributed by atoms with Gasteiger partial charge in [0.25, 0.3) is 0 Å². The Morgan fingerprint density at radius 2 is 2.20 bits per heavy atom. The van der Waals surface area contributed by atoms with Crippen LogP contribution in [0.4, 0.5) is 0 Å². The Morgan fingerprint density at radius 3 is 2.80 bits per heavy atom. The summed E-state index contributed by atoms with van der Waals surface area (Å²) in [6.07, 6.45) is 5.92. The van der Waals surface area contributed by atoms with Gasteiger partial charge in [0, 0.05) is 13.0 Å². The van der Waals surface area contributed by atoms with E-state index < -0.39 is 0 Å². The lowest BCUT2D eigenvalue weighted by molar-refractivity contribution is 0.339. The number of hydrogen-bond donors (Lipinski definition) is 1. The van der Waals surface area contributed by atoms with Crippen molar-refractivity contribution >= 4 is 12.4 Å². The topological polar surface area (TPSA) is 42.7 Å². The number of hydrogen-bond acceptors (Lipinski definition) is 3. The van der Waals surface area contributed by atoms with Gasteiger partial charge in [0.2, 0.25) is 0 Å². The summed E-state index contributed by atoms with van der Waals surface area (Å²) in [7, 11) is 2.00. The molecule has 1 aromatic rings. The third kappa shape index (κ3) is 1.66. The van der Waals surface area contributed by atoms with Crippen molar-refractivity contribution < 1.29 is 0 Å². The maximum atomic E-state index is 4.01. The second kappa shape index (κ2) is 3.76. The Bertz CT molecular complexity index is 343. The van der Waals surface area contributed by atoms with Crippen LogP contribution in [0.25, 0.3) is 0 Å². The molecule has 0 bridgehead atoms. The van der Waals surface area contributed by atoms with Crippen molar-refractivity contribution in [2.24, 2.45) is 12.5 Å². The van der Waals surface area contributed by atoms with E-state index in [9.17, 15) is 0 Å². The molecule has 1 aromatic heterocycles. The Hall–Kier alpha value is -0.610. The SMILES string of the molecule is Cl.Cn1nncc1C1CC12CCNCC2. The first-order chi connectivity index (χ1) is 6.82. The minimum absolute atomic E-state index is 0. The number of rotatable bonds is 1. The Morgan fingerprint density at radius 1 is 1.47 bits per heavy atom. The predicted octanol–water partition coefficient (Wildman–Crippen LogP) is 1.09. The molecule has 2 heterocycles. The van der Waals surface area contributed by atoms with Gasteiger partial charge in [-0.05, 0) is 37.8 Å². The molecule has 0 aromatic carbocycles. The van der Waals surface area contributed by atoms with Crippen molar-refractivity contribution in [2.75, 3.05) is 13.1 Å². The standard InChI is InChI=1S/C10H16N4.ClH/c1-14-9(7-12-13-14)8-6-10(8)2-4-11-5-3-10;/h7-8,11H,2-6H2,1H3;1H. The molecule has 4 nitrogen and oxygen atoms in total. The Balaban J connectivity index is 0.000000853. The maximum Gasteiger partial charge on any atom is 0.0728 e. The summed E-state index contributed by atoms with van der Waals surface area (Å²) in [6.45, 7) is 2.36. The molecule has 0 radical (unpaired) electrons. The van der Waals surface area contributed by atoms with Crippen LogP contribution in [-0.2, 0) is 7.05 Å². The summed E-state index contributed by atoms with van der Waals surface area (Å²) in [4.78, 5) is 0. The fraction of sp³-hybridized carbons (Fsp3) is 0.800. The van der Waals surface area contributed by atoms with Gasteiger partial charge >= 0.3 is 0 Å². The van der Waals surface area contributed by atoms with Gasteiger partial charge in [-0.25, -0.2) is 0 Å². The summed E-state index contributed by atoms with van der Waals surface area (Å²) >= 11 is 0. The van der Waals surface area contributed by atoms with Crippen LogP contribution in [0.5, 0.6) is 0 Å². The van der Waals surface area contributed by atoms with Crippen LogP contribution < -0.4 is 5.32 Å². The van der Waals surface area contributed by atoms with Crippen LogP contribution in [-0.4, -0.2) is 28.1 Å². The number of aromatic nitrogens is 3. The third-order valence-corrected chi connectivity index (χ3v) is 3.90. The van der Waals surface area contributed by atoms with Gasteiger partial charge in [0.05, 0.1) is 11.9 Å². The van der Waals surface area contributed by atoms with Gasteiger partial charge in [0.1, 0.15) is 0 Å². The molecule has 84 valence electrons. The highest BCUT2D eigenvalue weighted by Crippen LogP contribution is 2.63. The van der Waals surface area contributed by atoms with Gasteiger partial charge in [-0.15, -0.1) is 17.5 Å². The summed E-state index contributed by atoms with van der Waals surface area (Å²) in [5, 5.41) is 11.4. The largest absolute Gasteiger partial charge is 0.317 e. The monoisotopic (exact) mass is 228 g/mol. The van der Waals surface area contributed by atoms with Gasteiger partial charge < -0.3 is 5.32 Å². The molecule has 1 saturated carbocycles. The van der Waals surface area contributed by atoms with Gasteiger partial charge in [0.15, 0.2) is 0 Å². The molecule has 1 N–H and O–H groups in total. The van der Waals surface area contributed by atoms with Crippen molar-refractivity contribution in [3.8, 4) is 0 Å². The van der Waals surface area contributed by atoms with E-state index in [-0.39, 0.29) is 12.4 Å². The van der Waals surface area contributed by atoms with Crippen molar-refractivity contribution in [3.05, 3.63) is 11.9 Å². The number of nitrogens with zero attached hydrogens (tertiary/aromatic N) is 3. The average molecular weight is 229 g/mol. The number of aryl methyl sites for hydroxylation is 1. The zero-order chi connectivity index (χ0) is 9.60. The molecular formula is C10H17ClN4. The second-order valence-corrected chi connectivity index (χ2v) is 4.65. The van der Waals surface area contributed by atoms with Crippen molar-refractivity contribution in [2.45, 2.75) is 25.2 Å². The first-order valence-corrected chi connectivity index (χ1v) is 5.37. The molecule has 2 aliphatic rings. The van der Waals surface area contributed by atoms with Crippen LogP contribution in [0.15, 0.2) is 6.20 Å². The van der Waals surface area contributed by atoms with Crippen molar-refractivity contribution in [1.82, 2.24) is 20.3 Å². The second-order valence-electron chi connectivity index (χ2n) is 4.65. The minimum Gasteiger partial charge on any atom is -0.317 e. The average Bonchev–Trinajstić information content (AvgIpc) is 2.70. The highest BCUT2D eigenvalue weighted by atomic mass is 35.5. The van der Waals surface area contributed by atoms with E-state index in [4.69, 9.17) is 0 Å². The quantitative estimate of drug-likeness (QED) is 0.783. The van der Waals surface area contributed by atoms with E-state index >= 15 is 0 Å². The molecule has 1 spiro atoms. The molecule has 1 saturated heterocycles. The van der Waals surface area contributed by atoms with Crippen LogP contribution in [0.3, 0.4) is 0 Å². The Labute approximate surface area is 95.8 Å². The normalized spacial score (nSPS) is 27.4. The Kier molecular flexibility index (Phi) is 2.73. The van der Waals surface area contributed by atoms with E-state index in [2.05, 4.69) is 15.6 Å². The van der Waals surface area contributed by atoms with E-state index in [1.807, 2.05) is 17.9 Å². The van der Waals surface area contributed by atoms with Gasteiger partial charge in [-0.2, -0.15) is 0 Å². The summed E-state index contributed by atoms with van der Waals surface area (Å²) in [6, 6.07) is 0. The van der Waals surface area contributed by atoms with E-state index in [1.54, 1.807) is 0 Å². The molecule has 0 amide bonds. The lowest BCUT2D eigenvalue weighted by Gasteiger charge is -2.23. The third-order valence-electron chi connectivity index (χ3n) is 3.90. The zero-order valence-corrected chi connectivity index (χ0v) is 9.76. The fourth-order valence-corrected chi connectivity index (χ4v) is 2.86. The smallest absolute Gasteiger partial charge is 0.0728 e. The lowest BCUT2D eigenvalue weighted by Crippen LogP contribution is -2.29.